The van der Waals surface area contributed by atoms with Crippen LogP contribution in [0.4, 0.5) is 30.6 Å². The van der Waals surface area contributed by atoms with E-state index in [1.165, 1.54) is 35.0 Å². The summed E-state index contributed by atoms with van der Waals surface area (Å²) < 4.78 is 48.4. The first-order valence-corrected chi connectivity index (χ1v) is 23.2. The number of unbranched alkanes of at least 4 members (excludes halogenated alkanes) is 3. The lowest BCUT2D eigenvalue weighted by atomic mass is 9.94. The van der Waals surface area contributed by atoms with Gasteiger partial charge in [0.1, 0.15) is 48.0 Å². The molecule has 8 rings (SSSR count). The lowest BCUT2D eigenvalue weighted by Crippen LogP contribution is -2.50. The summed E-state index contributed by atoms with van der Waals surface area (Å²) in [5, 5.41) is 25.1. The summed E-state index contributed by atoms with van der Waals surface area (Å²) >= 11 is 0. The predicted molar refractivity (Wildman–Crippen MR) is 252 cm³/mol. The molecule has 0 aliphatic carbocycles. The number of rotatable bonds is 16. The predicted octanol–water partition coefficient (Wildman–Crippen LogP) is 9.36. The van der Waals surface area contributed by atoms with Gasteiger partial charge >= 0.3 is 6.03 Å². The van der Waals surface area contributed by atoms with Gasteiger partial charge in [-0.15, -0.1) is 0 Å². The maximum Gasteiger partial charge on any atom is 0.327 e. The Morgan fingerprint density at radius 2 is 1.53 bits per heavy atom. The van der Waals surface area contributed by atoms with E-state index in [0.29, 0.717) is 23.8 Å². The van der Waals surface area contributed by atoms with Gasteiger partial charge in [0.25, 0.3) is 0 Å². The minimum absolute atomic E-state index is 0.0251. The topological polar surface area (TPSA) is 129 Å². The quantitative estimate of drug-likeness (QED) is 0.0925. The number of piperazine rings is 1. The number of nitrogens with zero attached hydrogens (tertiary/aromatic N) is 7. The van der Waals surface area contributed by atoms with Crippen molar-refractivity contribution in [1.82, 2.24) is 19.7 Å². The molecule has 2 amide bonds. The van der Waals surface area contributed by atoms with Crippen LogP contribution in [0.25, 0.3) is 0 Å². The van der Waals surface area contributed by atoms with Crippen molar-refractivity contribution in [3.63, 3.8) is 0 Å². The van der Waals surface area contributed by atoms with Crippen molar-refractivity contribution >= 4 is 23.1 Å². The van der Waals surface area contributed by atoms with E-state index in [2.05, 4.69) is 58.9 Å². The molecule has 2 N–H and O–H groups in total. The maximum absolute atomic E-state index is 15.0. The van der Waals surface area contributed by atoms with Crippen molar-refractivity contribution in [2.75, 3.05) is 60.6 Å². The second-order valence-electron chi connectivity index (χ2n) is 18.2. The van der Waals surface area contributed by atoms with Gasteiger partial charge in [-0.25, -0.2) is 23.2 Å². The number of carbonyl (C=O) groups excluding carboxylic acids is 1. The van der Waals surface area contributed by atoms with Crippen LogP contribution in [0.3, 0.4) is 0 Å². The zero-order valence-electron chi connectivity index (χ0n) is 39.1. The fraction of sp³-hybridized carbons (Fsp3) is 0.471. The van der Waals surface area contributed by atoms with Gasteiger partial charge in [-0.3, -0.25) is 9.80 Å². The van der Waals surface area contributed by atoms with E-state index in [-0.39, 0.29) is 43.9 Å². The maximum atomic E-state index is 15.0. The van der Waals surface area contributed by atoms with Crippen molar-refractivity contribution in [1.29, 1.82) is 0 Å². The molecule has 0 spiro atoms. The summed E-state index contributed by atoms with van der Waals surface area (Å²) in [5.41, 5.74) is 2.86. The van der Waals surface area contributed by atoms with Gasteiger partial charge in [-0.05, 0) is 111 Å². The summed E-state index contributed by atoms with van der Waals surface area (Å²) in [6, 6.07) is 25.0. The molecule has 3 fully saturated rings. The molecular weight excluding hydrogens is 845 g/mol. The number of aromatic nitrogens is 3. The highest BCUT2D eigenvalue weighted by molar-refractivity contribution is 5.95. The molecule has 3 aliphatic heterocycles. The number of halogens is 2. The van der Waals surface area contributed by atoms with Gasteiger partial charge in [0.2, 0.25) is 0 Å². The van der Waals surface area contributed by atoms with E-state index >= 15 is 0 Å². The lowest BCUT2D eigenvalue weighted by Gasteiger charge is -2.37. The van der Waals surface area contributed by atoms with Crippen molar-refractivity contribution in [2.24, 2.45) is 0 Å². The van der Waals surface area contributed by atoms with Crippen LogP contribution in [0, 0.1) is 18.6 Å². The molecule has 1 aromatic heterocycles. The van der Waals surface area contributed by atoms with Gasteiger partial charge in [-0.1, -0.05) is 58.2 Å². The van der Waals surface area contributed by atoms with Crippen LogP contribution >= 0.6 is 0 Å². The summed E-state index contributed by atoms with van der Waals surface area (Å²) in [5.74, 6) is 0.124. The molecule has 4 heterocycles. The SMILES string of the molecule is CCCCCCC1(O)CN(c2ccc(N3CCN(c4ccc(OC[C@H]5OC[C@](Cn6cncn6)(c6ccc(F)cc6F)O5)cc4)CC3)cc2)C(=O)N1C(C)C.Cc1ccc(C(C)C)cc1O. The number of aryl methyl sites for hydroxylation is 1. The molecule has 13 nitrogen and oxygen atoms in total. The zero-order valence-corrected chi connectivity index (χ0v) is 39.1. The second-order valence-corrected chi connectivity index (χ2v) is 18.2. The number of urea groups is 1. The minimum atomic E-state index is -1.24. The number of carbonyl (C=O) groups is 1. The van der Waals surface area contributed by atoms with Crippen molar-refractivity contribution in [3.05, 3.63) is 126 Å². The van der Waals surface area contributed by atoms with E-state index in [1.54, 1.807) is 9.80 Å². The number of aromatic hydroxyl groups is 1. The minimum Gasteiger partial charge on any atom is -0.508 e. The first-order valence-electron chi connectivity index (χ1n) is 23.2. The number of aliphatic hydroxyl groups is 1. The summed E-state index contributed by atoms with van der Waals surface area (Å²) in [6.07, 6.45) is 6.86. The molecule has 0 saturated carbocycles. The average molecular weight is 910 g/mol. The fourth-order valence-corrected chi connectivity index (χ4v) is 8.99. The van der Waals surface area contributed by atoms with Gasteiger partial charge in [0, 0.05) is 60.9 Å². The number of ether oxygens (including phenoxy) is 3. The highest BCUT2D eigenvalue weighted by Crippen LogP contribution is 2.38. The Morgan fingerprint density at radius 1 is 0.864 bits per heavy atom. The third-order valence-electron chi connectivity index (χ3n) is 12.7. The van der Waals surface area contributed by atoms with Crippen LogP contribution in [0.15, 0.2) is 97.6 Å². The van der Waals surface area contributed by atoms with Gasteiger partial charge in [-0.2, -0.15) is 5.10 Å². The van der Waals surface area contributed by atoms with Gasteiger partial charge < -0.3 is 34.2 Å². The monoisotopic (exact) mass is 909 g/mol. The van der Waals surface area contributed by atoms with Crippen molar-refractivity contribution in [3.8, 4) is 11.5 Å². The number of hydrogen-bond donors (Lipinski definition) is 2. The summed E-state index contributed by atoms with van der Waals surface area (Å²) in [4.78, 5) is 25.5. The number of anilines is 3. The van der Waals surface area contributed by atoms with E-state index in [1.807, 2.05) is 69.3 Å². The Hall–Kier alpha value is -5.77. The normalized spacial score (nSPS) is 21.0. The number of phenols is 1. The molecule has 1 unspecified atom stereocenters. The van der Waals surface area contributed by atoms with E-state index in [9.17, 15) is 23.8 Å². The van der Waals surface area contributed by atoms with Crippen LogP contribution in [0.5, 0.6) is 11.5 Å². The van der Waals surface area contributed by atoms with E-state index in [4.69, 9.17) is 14.2 Å². The molecule has 0 radical (unpaired) electrons. The van der Waals surface area contributed by atoms with Crippen LogP contribution in [-0.4, -0.2) is 99.9 Å². The van der Waals surface area contributed by atoms with E-state index in [0.717, 1.165) is 80.6 Å². The molecule has 0 bridgehead atoms. The number of benzene rings is 4. The molecular formula is C51H65F2N7O6. The Morgan fingerprint density at radius 3 is 2.12 bits per heavy atom. The number of hydrogen-bond acceptors (Lipinski definition) is 10. The molecule has 3 atom stereocenters. The van der Waals surface area contributed by atoms with Crippen LogP contribution in [0.1, 0.15) is 89.3 Å². The van der Waals surface area contributed by atoms with Gasteiger partial charge in [0.15, 0.2) is 12.0 Å². The summed E-state index contributed by atoms with van der Waals surface area (Å²) in [6.45, 7) is 16.0. The third kappa shape index (κ3) is 11.2. The second kappa shape index (κ2) is 21.2. The molecule has 4 aromatic carbocycles. The molecule has 3 aliphatic rings. The molecule has 354 valence electrons. The molecule has 5 aromatic rings. The molecule has 66 heavy (non-hydrogen) atoms. The third-order valence-corrected chi connectivity index (χ3v) is 12.7. The standard InChI is InChI=1S/C41H51F2N7O5.C10H14O/c1-4-5-6-7-18-41(52)26-49(39(51)50(41)30(2)3)34-11-9-32(10-12-34)46-19-21-47(22-20-46)33-13-15-35(16-14-33)53-24-38-54-27-40(55-38,25-48-29-44-28-45-48)36-17-8-31(42)23-37(36)43;1-7(2)9-5-4-8(3)10(11)6-9/h8-17,23,28-30,38,52H,4-7,18-22,24-27H2,1-3H3;4-7,11H,1-3H3/t38-,40+,41?;/m0./s1. The largest absolute Gasteiger partial charge is 0.508 e. The summed E-state index contributed by atoms with van der Waals surface area (Å²) in [7, 11) is 0. The highest BCUT2D eigenvalue weighted by atomic mass is 19.1. The van der Waals surface area contributed by atoms with Crippen LogP contribution < -0.4 is 19.4 Å². The van der Waals surface area contributed by atoms with Crippen LogP contribution in [-0.2, 0) is 21.6 Å². The highest BCUT2D eigenvalue weighted by Gasteiger charge is 2.50. The van der Waals surface area contributed by atoms with E-state index < -0.39 is 29.3 Å². The molecule has 3 saturated heterocycles. The van der Waals surface area contributed by atoms with Crippen molar-refractivity contribution < 1.29 is 38.0 Å². The first kappa shape index (κ1) is 48.2. The number of β-amino-alcohol motifs (C(OH)–C–C–N with tert-alkyl or cyclic N) is 1. The Kier molecular flexibility index (Phi) is 15.5. The Labute approximate surface area is 387 Å². The first-order chi connectivity index (χ1) is 31.7. The lowest BCUT2D eigenvalue weighted by molar-refractivity contribution is -0.117. The smallest absolute Gasteiger partial charge is 0.327 e. The van der Waals surface area contributed by atoms with Crippen LogP contribution in [0.2, 0.25) is 0 Å². The Balaban J connectivity index is 0.000000517. The zero-order chi connectivity index (χ0) is 47.0. The van der Waals surface area contributed by atoms with Crippen molar-refractivity contribution in [2.45, 2.75) is 110 Å². The molecule has 15 heteroatoms. The number of phenolic OH excluding ortho intramolecular Hbond substituents is 1. The fourth-order valence-electron chi connectivity index (χ4n) is 8.99. The number of amides is 2. The average Bonchev–Trinajstić information content (AvgIpc) is 4.04. The van der Waals surface area contributed by atoms with Gasteiger partial charge in [0.05, 0.1) is 19.7 Å². The Bertz CT molecular complexity index is 2340.